The Hall–Kier alpha value is -1.47. The van der Waals surface area contributed by atoms with Crippen LogP contribution in [0, 0.1) is 5.82 Å². The number of hydrogen-bond acceptors (Lipinski definition) is 4. The topological polar surface area (TPSA) is 54.2 Å². The smallest absolute Gasteiger partial charge is 0.241 e. The highest BCUT2D eigenvalue weighted by molar-refractivity contribution is 6.32. The van der Waals surface area contributed by atoms with Gasteiger partial charge in [-0.1, -0.05) is 46.2 Å². The molecule has 5 nitrogen and oxygen atoms in total. The Labute approximate surface area is 157 Å². The number of anilines is 1. The van der Waals surface area contributed by atoms with Gasteiger partial charge in [-0.2, -0.15) is 0 Å². The second kappa shape index (κ2) is 6.93. The number of hydrogen-bond donors (Lipinski definition) is 2. The molecule has 0 radical (unpaired) electrons. The van der Waals surface area contributed by atoms with Crippen LogP contribution in [0.25, 0.3) is 5.52 Å². The van der Waals surface area contributed by atoms with Gasteiger partial charge in [0.1, 0.15) is 16.7 Å². The van der Waals surface area contributed by atoms with Crippen molar-refractivity contribution >= 4 is 23.1 Å². The largest absolute Gasteiger partial charge is 0.347 e. The first-order chi connectivity index (χ1) is 12.1. The summed E-state index contributed by atoms with van der Waals surface area (Å²) in [4.78, 5) is 4.55. The monoisotopic (exact) mass is 385 g/mol. The standard InChI is InChI=1S/C18H26ClF2N5/c1-9(2)14-12(19)13(21)15-16(18(3,4)5)24-17(25-26(14)15)23-11-6-7-22-8-10(11)20/h9-11,22H,6-8H2,1-5H3,(H,23,25)/t10-,11-/m1/s1. The fourth-order valence-corrected chi connectivity index (χ4v) is 3.73. The second-order valence-corrected chi connectivity index (χ2v) is 8.60. The Bertz CT molecular complexity index is 812. The van der Waals surface area contributed by atoms with Crippen molar-refractivity contribution in [1.82, 2.24) is 19.9 Å². The zero-order chi connectivity index (χ0) is 19.2. The van der Waals surface area contributed by atoms with E-state index in [9.17, 15) is 8.78 Å². The van der Waals surface area contributed by atoms with Gasteiger partial charge in [0.05, 0.1) is 17.4 Å². The number of nitrogens with zero attached hydrogens (tertiary/aromatic N) is 3. The van der Waals surface area contributed by atoms with Crippen LogP contribution in [0.2, 0.25) is 5.02 Å². The van der Waals surface area contributed by atoms with Gasteiger partial charge in [-0.3, -0.25) is 0 Å². The van der Waals surface area contributed by atoms with E-state index in [1.54, 1.807) is 0 Å². The molecule has 0 bridgehead atoms. The van der Waals surface area contributed by atoms with Crippen LogP contribution in [0.5, 0.6) is 0 Å². The Balaban J connectivity index is 2.17. The van der Waals surface area contributed by atoms with Crippen molar-refractivity contribution in [3.63, 3.8) is 0 Å². The summed E-state index contributed by atoms with van der Waals surface area (Å²) in [5, 5.41) is 10.7. The minimum atomic E-state index is -1.03. The molecule has 26 heavy (non-hydrogen) atoms. The molecule has 3 heterocycles. The zero-order valence-electron chi connectivity index (χ0n) is 15.8. The maximum absolute atomic E-state index is 14.9. The number of aromatic nitrogens is 3. The van der Waals surface area contributed by atoms with Crippen molar-refractivity contribution in [3.8, 4) is 0 Å². The first-order valence-corrected chi connectivity index (χ1v) is 9.38. The summed E-state index contributed by atoms with van der Waals surface area (Å²) in [7, 11) is 0. The molecule has 144 valence electrons. The Morgan fingerprint density at radius 2 is 2.04 bits per heavy atom. The number of halogens is 3. The van der Waals surface area contributed by atoms with Crippen LogP contribution in [0.1, 0.15) is 58.3 Å². The van der Waals surface area contributed by atoms with E-state index in [1.165, 1.54) is 4.52 Å². The third kappa shape index (κ3) is 3.39. The van der Waals surface area contributed by atoms with Crippen LogP contribution in [-0.4, -0.2) is 39.9 Å². The van der Waals surface area contributed by atoms with Gasteiger partial charge < -0.3 is 10.6 Å². The maximum atomic E-state index is 14.9. The molecule has 1 aliphatic rings. The predicted molar refractivity (Wildman–Crippen MR) is 101 cm³/mol. The lowest BCUT2D eigenvalue weighted by molar-refractivity contribution is 0.244. The van der Waals surface area contributed by atoms with Gasteiger partial charge in [0.2, 0.25) is 5.95 Å². The van der Waals surface area contributed by atoms with Crippen LogP contribution in [0.15, 0.2) is 0 Å². The quantitative estimate of drug-likeness (QED) is 0.836. The molecule has 1 saturated heterocycles. The minimum Gasteiger partial charge on any atom is -0.347 e. The minimum absolute atomic E-state index is 0.0251. The fourth-order valence-electron chi connectivity index (χ4n) is 3.34. The van der Waals surface area contributed by atoms with Gasteiger partial charge >= 0.3 is 0 Å². The normalized spacial score (nSPS) is 21.6. The van der Waals surface area contributed by atoms with Crippen molar-refractivity contribution in [1.29, 1.82) is 0 Å². The third-order valence-electron chi connectivity index (χ3n) is 4.68. The van der Waals surface area contributed by atoms with E-state index in [1.807, 2.05) is 34.6 Å². The second-order valence-electron chi connectivity index (χ2n) is 8.22. The average Bonchev–Trinajstić information content (AvgIpc) is 2.79. The van der Waals surface area contributed by atoms with Gasteiger partial charge in [-0.05, 0) is 18.9 Å². The fraction of sp³-hybridized carbons (Fsp3) is 0.667. The SMILES string of the molecule is CC(C)c1c(Cl)c(F)c2c(C(C)(C)C)nc(N[C@@H]3CCNC[C@H]3F)nn12. The highest BCUT2D eigenvalue weighted by atomic mass is 35.5. The molecule has 3 rings (SSSR count). The lowest BCUT2D eigenvalue weighted by atomic mass is 9.91. The molecule has 8 heteroatoms. The predicted octanol–water partition coefficient (Wildman–Crippen LogP) is 4.05. The molecule has 0 aliphatic carbocycles. The van der Waals surface area contributed by atoms with E-state index < -0.39 is 17.4 Å². The summed E-state index contributed by atoms with van der Waals surface area (Å²) in [6.45, 7) is 10.8. The molecular formula is C18H26ClF2N5. The van der Waals surface area contributed by atoms with Gasteiger partial charge in [-0.15, -0.1) is 5.10 Å². The molecule has 0 spiro atoms. The summed E-state index contributed by atoms with van der Waals surface area (Å²) in [5.41, 5.74) is 1.00. The van der Waals surface area contributed by atoms with E-state index >= 15 is 0 Å². The van der Waals surface area contributed by atoms with Crippen molar-refractivity contribution in [2.45, 2.75) is 64.6 Å². The number of fused-ring (bicyclic) bond motifs is 1. The molecule has 0 unspecified atom stereocenters. The summed E-state index contributed by atoms with van der Waals surface area (Å²) in [6.07, 6.45) is -0.402. The lowest BCUT2D eigenvalue weighted by Gasteiger charge is -2.28. The first-order valence-electron chi connectivity index (χ1n) is 9.00. The first kappa shape index (κ1) is 19.3. The summed E-state index contributed by atoms with van der Waals surface area (Å²) in [5.74, 6) is -0.231. The van der Waals surface area contributed by atoms with Crippen molar-refractivity contribution in [3.05, 3.63) is 22.2 Å². The number of nitrogens with one attached hydrogen (secondary N) is 2. The van der Waals surface area contributed by atoms with E-state index in [0.717, 1.165) is 6.54 Å². The third-order valence-corrected chi connectivity index (χ3v) is 5.04. The Morgan fingerprint density at radius 1 is 1.35 bits per heavy atom. The molecule has 2 N–H and O–H groups in total. The van der Waals surface area contributed by atoms with E-state index in [2.05, 4.69) is 20.7 Å². The van der Waals surface area contributed by atoms with Gasteiger partial charge in [0.15, 0.2) is 5.82 Å². The van der Waals surface area contributed by atoms with Crippen LogP contribution in [-0.2, 0) is 5.41 Å². The van der Waals surface area contributed by atoms with E-state index in [-0.39, 0.29) is 17.0 Å². The van der Waals surface area contributed by atoms with Gasteiger partial charge in [0, 0.05) is 12.0 Å². The molecule has 2 atom stereocenters. The molecular weight excluding hydrogens is 360 g/mol. The molecule has 0 saturated carbocycles. The molecule has 1 aliphatic heterocycles. The molecule has 2 aromatic rings. The Morgan fingerprint density at radius 3 is 2.62 bits per heavy atom. The van der Waals surface area contributed by atoms with Crippen molar-refractivity contribution < 1.29 is 8.78 Å². The number of alkyl halides is 1. The van der Waals surface area contributed by atoms with Gasteiger partial charge in [0.25, 0.3) is 0 Å². The van der Waals surface area contributed by atoms with Crippen LogP contribution >= 0.6 is 11.6 Å². The summed E-state index contributed by atoms with van der Waals surface area (Å²) >= 11 is 6.27. The van der Waals surface area contributed by atoms with Crippen LogP contribution in [0.3, 0.4) is 0 Å². The van der Waals surface area contributed by atoms with Gasteiger partial charge in [-0.25, -0.2) is 18.3 Å². The van der Waals surface area contributed by atoms with E-state index in [0.29, 0.717) is 35.8 Å². The number of piperidine rings is 1. The molecule has 2 aromatic heterocycles. The van der Waals surface area contributed by atoms with Crippen molar-refractivity contribution in [2.75, 3.05) is 18.4 Å². The van der Waals surface area contributed by atoms with Crippen molar-refractivity contribution in [2.24, 2.45) is 0 Å². The maximum Gasteiger partial charge on any atom is 0.241 e. The molecule has 0 amide bonds. The van der Waals surface area contributed by atoms with Crippen LogP contribution in [0.4, 0.5) is 14.7 Å². The lowest BCUT2D eigenvalue weighted by Crippen LogP contribution is -2.45. The van der Waals surface area contributed by atoms with Crippen LogP contribution < -0.4 is 10.6 Å². The molecule has 1 fully saturated rings. The summed E-state index contributed by atoms with van der Waals surface area (Å²) < 4.78 is 30.6. The summed E-state index contributed by atoms with van der Waals surface area (Å²) in [6, 6.07) is -0.375. The average molecular weight is 386 g/mol. The molecule has 0 aromatic carbocycles. The highest BCUT2D eigenvalue weighted by Gasteiger charge is 2.31. The Kier molecular flexibility index (Phi) is 5.14. The van der Waals surface area contributed by atoms with E-state index in [4.69, 9.17) is 11.6 Å². The zero-order valence-corrected chi connectivity index (χ0v) is 16.6. The highest BCUT2D eigenvalue weighted by Crippen LogP contribution is 2.36. The number of rotatable bonds is 3.